The Hall–Kier alpha value is -3.58. The molecule has 0 unspecified atom stereocenters. The van der Waals surface area contributed by atoms with Crippen LogP contribution in [-0.2, 0) is 13.1 Å². The summed E-state index contributed by atoms with van der Waals surface area (Å²) in [7, 11) is 1.59. The number of hydrogen-bond acceptors (Lipinski definition) is 5. The van der Waals surface area contributed by atoms with Gasteiger partial charge < -0.3 is 24.3 Å². The molecule has 7 nitrogen and oxygen atoms in total. The van der Waals surface area contributed by atoms with Crippen LogP contribution in [0.2, 0.25) is 0 Å². The third-order valence-electron chi connectivity index (χ3n) is 5.70. The van der Waals surface area contributed by atoms with Crippen molar-refractivity contribution < 1.29 is 14.3 Å². The number of ether oxygens (including phenoxy) is 2. The van der Waals surface area contributed by atoms with Crippen molar-refractivity contribution in [3.63, 3.8) is 0 Å². The minimum absolute atomic E-state index is 0.113. The van der Waals surface area contributed by atoms with E-state index in [0.717, 1.165) is 30.8 Å². The summed E-state index contributed by atoms with van der Waals surface area (Å²) in [5, 5.41) is 2.84. The Bertz CT molecular complexity index is 1120. The summed E-state index contributed by atoms with van der Waals surface area (Å²) in [6.07, 6.45) is 1.69. The number of amides is 1. The van der Waals surface area contributed by atoms with Gasteiger partial charge >= 0.3 is 0 Å². The first-order valence-electron chi connectivity index (χ1n) is 11.6. The molecule has 3 aromatic rings. The maximum atomic E-state index is 12.8. The highest BCUT2D eigenvalue weighted by Crippen LogP contribution is 2.28. The fourth-order valence-corrected chi connectivity index (χ4v) is 3.66. The Balaban J connectivity index is 1.62. The van der Waals surface area contributed by atoms with Crippen LogP contribution in [-0.4, -0.2) is 48.7 Å². The molecule has 0 aliphatic heterocycles. The summed E-state index contributed by atoms with van der Waals surface area (Å²) >= 11 is 0. The molecule has 1 amide bonds. The molecule has 0 saturated heterocycles. The predicted molar refractivity (Wildman–Crippen MR) is 134 cm³/mol. The lowest BCUT2D eigenvalue weighted by Gasteiger charge is -2.19. The van der Waals surface area contributed by atoms with Crippen molar-refractivity contribution in [3.8, 4) is 11.5 Å². The zero-order valence-corrected chi connectivity index (χ0v) is 20.1. The summed E-state index contributed by atoms with van der Waals surface area (Å²) in [5.41, 5.74) is 1.63. The van der Waals surface area contributed by atoms with E-state index < -0.39 is 5.91 Å². The van der Waals surface area contributed by atoms with Crippen molar-refractivity contribution >= 4 is 5.91 Å². The maximum Gasteiger partial charge on any atom is 0.263 e. The number of benzene rings is 2. The number of carbonyl (C=O) groups is 1. The predicted octanol–water partition coefficient (Wildman–Crippen LogP) is 3.56. The molecule has 34 heavy (non-hydrogen) atoms. The second kappa shape index (κ2) is 12.6. The molecule has 7 heteroatoms. The molecule has 0 fully saturated rings. The lowest BCUT2D eigenvalue weighted by atomic mass is 10.2. The Morgan fingerprint density at radius 1 is 0.971 bits per heavy atom. The van der Waals surface area contributed by atoms with Gasteiger partial charge in [-0.2, -0.15) is 0 Å². The van der Waals surface area contributed by atoms with Crippen LogP contribution in [0.5, 0.6) is 11.5 Å². The van der Waals surface area contributed by atoms with Gasteiger partial charge in [-0.3, -0.25) is 9.59 Å². The molecular formula is C27H33N3O4. The third-order valence-corrected chi connectivity index (χ3v) is 5.70. The standard InChI is InChI=1S/C27H33N3O4/c1-4-29(5-2)16-17-34-24-14-13-22(18-25(24)33-3)19-28-26(31)23-12-9-15-30(27(23)32)20-21-10-7-6-8-11-21/h6-15,18H,4-5,16-17,19-20H2,1-3H3,(H,28,31). The number of nitrogens with one attached hydrogen (secondary N) is 1. The van der Waals surface area contributed by atoms with Crippen molar-refractivity contribution in [2.24, 2.45) is 0 Å². The first-order chi connectivity index (χ1) is 16.5. The number of hydrogen-bond donors (Lipinski definition) is 1. The van der Waals surface area contributed by atoms with E-state index >= 15 is 0 Å². The Kier molecular flexibility index (Phi) is 9.29. The van der Waals surface area contributed by atoms with E-state index in [1.165, 1.54) is 4.57 Å². The SMILES string of the molecule is CCN(CC)CCOc1ccc(CNC(=O)c2cccn(Cc3ccccc3)c2=O)cc1OC. The van der Waals surface area contributed by atoms with Crippen LogP contribution in [0.4, 0.5) is 0 Å². The van der Waals surface area contributed by atoms with Gasteiger partial charge in [-0.25, -0.2) is 0 Å². The van der Waals surface area contributed by atoms with Crippen LogP contribution in [0.3, 0.4) is 0 Å². The minimum atomic E-state index is -0.411. The van der Waals surface area contributed by atoms with E-state index in [4.69, 9.17) is 9.47 Å². The quantitative estimate of drug-likeness (QED) is 0.445. The van der Waals surface area contributed by atoms with E-state index in [1.54, 1.807) is 25.4 Å². The van der Waals surface area contributed by atoms with Gasteiger partial charge in [0, 0.05) is 19.3 Å². The van der Waals surface area contributed by atoms with Crippen molar-refractivity contribution in [3.05, 3.63) is 93.9 Å². The largest absolute Gasteiger partial charge is 0.493 e. The number of carbonyl (C=O) groups excluding carboxylic acids is 1. The first kappa shape index (κ1) is 25.1. The molecule has 3 rings (SSSR count). The average Bonchev–Trinajstić information content (AvgIpc) is 2.87. The van der Waals surface area contributed by atoms with Crippen molar-refractivity contribution in [2.45, 2.75) is 26.9 Å². The van der Waals surface area contributed by atoms with Gasteiger partial charge in [0.05, 0.1) is 13.7 Å². The van der Waals surface area contributed by atoms with Crippen molar-refractivity contribution in [1.82, 2.24) is 14.8 Å². The number of likely N-dealkylation sites (N-methyl/N-ethyl adjacent to an activating group) is 1. The first-order valence-corrected chi connectivity index (χ1v) is 11.6. The van der Waals surface area contributed by atoms with Gasteiger partial charge in [-0.1, -0.05) is 50.2 Å². The number of rotatable bonds is 12. The van der Waals surface area contributed by atoms with E-state index in [9.17, 15) is 9.59 Å². The number of nitrogens with zero attached hydrogens (tertiary/aromatic N) is 2. The van der Waals surface area contributed by atoms with Crippen LogP contribution in [0.25, 0.3) is 0 Å². The molecule has 1 N–H and O–H groups in total. The van der Waals surface area contributed by atoms with E-state index in [1.807, 2.05) is 48.5 Å². The summed E-state index contributed by atoms with van der Waals surface area (Å²) < 4.78 is 12.9. The van der Waals surface area contributed by atoms with Crippen LogP contribution >= 0.6 is 0 Å². The molecule has 0 radical (unpaired) electrons. The third kappa shape index (κ3) is 6.71. The lowest BCUT2D eigenvalue weighted by Crippen LogP contribution is -2.32. The molecule has 2 aromatic carbocycles. The molecule has 1 heterocycles. The van der Waals surface area contributed by atoms with Crippen molar-refractivity contribution in [2.75, 3.05) is 33.4 Å². The summed E-state index contributed by atoms with van der Waals surface area (Å²) in [6.45, 7) is 8.30. The van der Waals surface area contributed by atoms with Gasteiger partial charge in [-0.15, -0.1) is 0 Å². The van der Waals surface area contributed by atoms with E-state index in [-0.39, 0.29) is 17.7 Å². The van der Waals surface area contributed by atoms with Gasteiger partial charge in [0.15, 0.2) is 11.5 Å². The number of methoxy groups -OCH3 is 1. The monoisotopic (exact) mass is 463 g/mol. The van der Waals surface area contributed by atoms with Gasteiger partial charge in [0.2, 0.25) is 0 Å². The van der Waals surface area contributed by atoms with Crippen LogP contribution in [0.15, 0.2) is 71.7 Å². The molecule has 0 saturated carbocycles. The topological polar surface area (TPSA) is 72.8 Å². The van der Waals surface area contributed by atoms with Crippen LogP contribution in [0, 0.1) is 0 Å². The second-order valence-corrected chi connectivity index (χ2v) is 7.88. The molecule has 0 bridgehead atoms. The normalized spacial score (nSPS) is 10.8. The van der Waals surface area contributed by atoms with Crippen LogP contribution < -0.4 is 20.3 Å². The molecule has 0 aliphatic carbocycles. The van der Waals surface area contributed by atoms with E-state index in [0.29, 0.717) is 24.7 Å². The highest BCUT2D eigenvalue weighted by atomic mass is 16.5. The molecular weight excluding hydrogens is 430 g/mol. The summed E-state index contributed by atoms with van der Waals surface area (Å²) in [5.74, 6) is 0.860. The second-order valence-electron chi connectivity index (χ2n) is 7.88. The van der Waals surface area contributed by atoms with E-state index in [2.05, 4.69) is 24.1 Å². The fraction of sp³-hybridized carbons (Fsp3) is 0.333. The zero-order chi connectivity index (χ0) is 24.3. The highest BCUT2D eigenvalue weighted by Gasteiger charge is 2.13. The van der Waals surface area contributed by atoms with Gasteiger partial charge in [0.25, 0.3) is 11.5 Å². The van der Waals surface area contributed by atoms with Gasteiger partial charge in [-0.05, 0) is 48.5 Å². The number of pyridine rings is 1. The number of aromatic nitrogens is 1. The van der Waals surface area contributed by atoms with Crippen LogP contribution in [0.1, 0.15) is 35.3 Å². The van der Waals surface area contributed by atoms with Gasteiger partial charge in [0.1, 0.15) is 12.2 Å². The Labute approximate surface area is 200 Å². The summed E-state index contributed by atoms with van der Waals surface area (Å²) in [6, 6.07) is 18.5. The Morgan fingerprint density at radius 2 is 1.74 bits per heavy atom. The molecule has 0 aliphatic rings. The molecule has 1 aromatic heterocycles. The minimum Gasteiger partial charge on any atom is -0.493 e. The molecule has 0 spiro atoms. The van der Waals surface area contributed by atoms with Crippen molar-refractivity contribution in [1.29, 1.82) is 0 Å². The summed E-state index contributed by atoms with van der Waals surface area (Å²) in [4.78, 5) is 27.9. The average molecular weight is 464 g/mol. The molecule has 180 valence electrons. The molecule has 0 atom stereocenters. The lowest BCUT2D eigenvalue weighted by molar-refractivity contribution is 0.0948. The zero-order valence-electron chi connectivity index (χ0n) is 20.1. The maximum absolute atomic E-state index is 12.8. The smallest absolute Gasteiger partial charge is 0.263 e. The highest BCUT2D eigenvalue weighted by molar-refractivity contribution is 5.93. The Morgan fingerprint density at radius 3 is 2.44 bits per heavy atom. The fourth-order valence-electron chi connectivity index (χ4n) is 3.66.